The lowest BCUT2D eigenvalue weighted by Crippen LogP contribution is -2.11. The molecular weight excluding hydrogens is 326 g/mol. The Kier molecular flexibility index (Phi) is 3.61. The third kappa shape index (κ3) is 2.86. The van der Waals surface area contributed by atoms with Crippen molar-refractivity contribution in [1.29, 1.82) is 0 Å². The number of amides is 1. The molecule has 0 saturated carbocycles. The average Bonchev–Trinajstić information content (AvgIpc) is 3.26. The van der Waals surface area contributed by atoms with E-state index >= 15 is 0 Å². The maximum atomic E-state index is 12.4. The Morgan fingerprint density at radius 2 is 1.87 bits per heavy atom. The molecule has 4 aromatic rings. The van der Waals surface area contributed by atoms with Gasteiger partial charge in [-0.2, -0.15) is 0 Å². The highest BCUT2D eigenvalue weighted by atomic mass is 32.1. The van der Waals surface area contributed by atoms with Gasteiger partial charge in [0, 0.05) is 28.4 Å². The quantitative estimate of drug-likeness (QED) is 0.591. The van der Waals surface area contributed by atoms with Gasteiger partial charge in [0.15, 0.2) is 0 Å². The molecule has 0 aliphatic rings. The van der Waals surface area contributed by atoms with Gasteiger partial charge in [0.25, 0.3) is 5.91 Å². The van der Waals surface area contributed by atoms with Crippen LogP contribution in [0, 0.1) is 0 Å². The average molecular weight is 337 g/mol. The zero-order valence-electron chi connectivity index (χ0n) is 11.9. The van der Waals surface area contributed by atoms with E-state index in [1.54, 1.807) is 29.1 Å². The number of nitrogens with zero attached hydrogens (tertiary/aromatic N) is 2. The second kappa shape index (κ2) is 5.91. The Labute approximate surface area is 140 Å². The van der Waals surface area contributed by atoms with Gasteiger partial charge < -0.3 is 5.32 Å². The molecule has 6 heteroatoms. The second-order valence-electron chi connectivity index (χ2n) is 4.90. The van der Waals surface area contributed by atoms with Gasteiger partial charge in [0.1, 0.15) is 5.01 Å². The van der Waals surface area contributed by atoms with Crippen molar-refractivity contribution >= 4 is 44.5 Å². The fourth-order valence-corrected chi connectivity index (χ4v) is 3.62. The van der Waals surface area contributed by atoms with Crippen molar-refractivity contribution in [1.82, 2.24) is 9.97 Å². The molecule has 0 spiro atoms. The van der Waals surface area contributed by atoms with Crippen molar-refractivity contribution in [2.24, 2.45) is 0 Å². The van der Waals surface area contributed by atoms with Crippen molar-refractivity contribution < 1.29 is 4.79 Å². The molecule has 0 saturated heterocycles. The van der Waals surface area contributed by atoms with Crippen LogP contribution in [0.2, 0.25) is 0 Å². The maximum absolute atomic E-state index is 12.4. The first-order valence-electron chi connectivity index (χ1n) is 6.94. The molecule has 1 N–H and O–H groups in total. The number of thiazole rings is 2. The van der Waals surface area contributed by atoms with Crippen molar-refractivity contribution in [3.63, 3.8) is 0 Å². The fraction of sp³-hybridized carbons (Fsp3) is 0. The molecule has 1 amide bonds. The number of carbonyl (C=O) groups excluding carboxylic acids is 1. The van der Waals surface area contributed by atoms with E-state index in [4.69, 9.17) is 0 Å². The highest BCUT2D eigenvalue weighted by molar-refractivity contribution is 7.16. The lowest BCUT2D eigenvalue weighted by atomic mass is 10.2. The molecule has 0 fully saturated rings. The minimum atomic E-state index is -0.123. The molecule has 0 atom stereocenters. The third-order valence-corrected chi connectivity index (χ3v) is 5.03. The smallest absolute Gasteiger partial charge is 0.255 e. The van der Waals surface area contributed by atoms with E-state index in [-0.39, 0.29) is 5.91 Å². The van der Waals surface area contributed by atoms with E-state index in [0.29, 0.717) is 5.56 Å². The molecule has 0 bridgehead atoms. The van der Waals surface area contributed by atoms with Crippen molar-refractivity contribution in [2.45, 2.75) is 0 Å². The molecule has 0 unspecified atom stereocenters. The summed E-state index contributed by atoms with van der Waals surface area (Å²) >= 11 is 3.12. The summed E-state index contributed by atoms with van der Waals surface area (Å²) in [6.07, 6.45) is 1.78. The SMILES string of the molecule is O=C(Nc1ccc(-c2nccs2)cc1)c1ccc2ncsc2c1. The number of anilines is 1. The molecule has 112 valence electrons. The zero-order valence-corrected chi connectivity index (χ0v) is 13.5. The molecule has 0 radical (unpaired) electrons. The Hall–Kier alpha value is -2.57. The van der Waals surface area contributed by atoms with Gasteiger partial charge in [-0.25, -0.2) is 9.97 Å². The molecule has 0 aliphatic carbocycles. The standard InChI is InChI=1S/C17H11N3OS2/c21-16(12-3-6-14-15(9-12)23-10-19-14)20-13-4-1-11(2-5-13)17-18-7-8-22-17/h1-10H,(H,20,21). The number of hydrogen-bond acceptors (Lipinski definition) is 5. The number of rotatable bonds is 3. The summed E-state index contributed by atoms with van der Waals surface area (Å²) in [6, 6.07) is 13.2. The number of fused-ring (bicyclic) bond motifs is 1. The summed E-state index contributed by atoms with van der Waals surface area (Å²) in [5.74, 6) is -0.123. The normalized spacial score (nSPS) is 10.8. The van der Waals surface area contributed by atoms with Crippen molar-refractivity contribution in [3.05, 3.63) is 65.1 Å². The summed E-state index contributed by atoms with van der Waals surface area (Å²) in [6.45, 7) is 0. The van der Waals surface area contributed by atoms with Crippen LogP contribution in [0.3, 0.4) is 0 Å². The Bertz CT molecular complexity index is 959. The minimum Gasteiger partial charge on any atom is -0.322 e. The van der Waals surface area contributed by atoms with Crippen LogP contribution in [0.5, 0.6) is 0 Å². The van der Waals surface area contributed by atoms with E-state index < -0.39 is 0 Å². The fourth-order valence-electron chi connectivity index (χ4n) is 2.26. The Morgan fingerprint density at radius 1 is 1.00 bits per heavy atom. The molecule has 2 aromatic carbocycles. The molecular formula is C17H11N3OS2. The van der Waals surface area contributed by atoms with Crippen LogP contribution in [-0.2, 0) is 0 Å². The van der Waals surface area contributed by atoms with E-state index in [1.165, 1.54) is 11.3 Å². The van der Waals surface area contributed by atoms with Crippen LogP contribution >= 0.6 is 22.7 Å². The van der Waals surface area contributed by atoms with E-state index in [2.05, 4.69) is 15.3 Å². The number of carbonyl (C=O) groups is 1. The van der Waals surface area contributed by atoms with Crippen LogP contribution < -0.4 is 5.32 Å². The molecule has 4 rings (SSSR count). The molecule has 23 heavy (non-hydrogen) atoms. The second-order valence-corrected chi connectivity index (χ2v) is 6.68. The van der Waals surface area contributed by atoms with E-state index in [0.717, 1.165) is 26.5 Å². The minimum absolute atomic E-state index is 0.123. The zero-order chi connectivity index (χ0) is 15.6. The van der Waals surface area contributed by atoms with Gasteiger partial charge in [-0.15, -0.1) is 22.7 Å². The monoisotopic (exact) mass is 337 g/mol. The first-order chi connectivity index (χ1) is 11.3. The maximum Gasteiger partial charge on any atom is 0.255 e. The lowest BCUT2D eigenvalue weighted by Gasteiger charge is -2.06. The predicted molar refractivity (Wildman–Crippen MR) is 95.1 cm³/mol. The van der Waals surface area contributed by atoms with E-state index in [1.807, 2.05) is 41.8 Å². The molecule has 4 nitrogen and oxygen atoms in total. The highest BCUT2D eigenvalue weighted by Crippen LogP contribution is 2.24. The summed E-state index contributed by atoms with van der Waals surface area (Å²) in [4.78, 5) is 20.9. The van der Waals surface area contributed by atoms with Gasteiger partial charge in [0.05, 0.1) is 15.7 Å². The summed E-state index contributed by atoms with van der Waals surface area (Å²) in [5.41, 5.74) is 5.14. The molecule has 0 aliphatic heterocycles. The van der Waals surface area contributed by atoms with Crippen LogP contribution in [0.1, 0.15) is 10.4 Å². The molecule has 2 heterocycles. The number of hydrogen-bond donors (Lipinski definition) is 1. The molecule has 2 aromatic heterocycles. The number of benzene rings is 2. The van der Waals surface area contributed by atoms with E-state index in [9.17, 15) is 4.79 Å². The first-order valence-corrected chi connectivity index (χ1v) is 8.70. The van der Waals surface area contributed by atoms with Crippen molar-refractivity contribution in [3.8, 4) is 10.6 Å². The van der Waals surface area contributed by atoms with Gasteiger partial charge >= 0.3 is 0 Å². The summed E-state index contributed by atoms with van der Waals surface area (Å²) in [7, 11) is 0. The third-order valence-electron chi connectivity index (χ3n) is 3.42. The first kappa shape index (κ1) is 14.0. The van der Waals surface area contributed by atoms with Crippen LogP contribution in [0.15, 0.2) is 59.6 Å². The van der Waals surface area contributed by atoms with Gasteiger partial charge in [-0.1, -0.05) is 0 Å². The van der Waals surface area contributed by atoms with Gasteiger partial charge in [-0.05, 0) is 42.5 Å². The number of aromatic nitrogens is 2. The largest absolute Gasteiger partial charge is 0.322 e. The van der Waals surface area contributed by atoms with Crippen LogP contribution in [0.25, 0.3) is 20.8 Å². The summed E-state index contributed by atoms with van der Waals surface area (Å²) < 4.78 is 1.01. The number of nitrogens with one attached hydrogen (secondary N) is 1. The Morgan fingerprint density at radius 3 is 2.65 bits per heavy atom. The topological polar surface area (TPSA) is 54.9 Å². The van der Waals surface area contributed by atoms with Crippen molar-refractivity contribution in [2.75, 3.05) is 5.32 Å². The van der Waals surface area contributed by atoms with Crippen LogP contribution in [-0.4, -0.2) is 15.9 Å². The predicted octanol–water partition coefficient (Wildman–Crippen LogP) is 4.67. The Balaban J connectivity index is 1.53. The van der Waals surface area contributed by atoms with Gasteiger partial charge in [-0.3, -0.25) is 4.79 Å². The van der Waals surface area contributed by atoms with Gasteiger partial charge in [0.2, 0.25) is 0 Å². The summed E-state index contributed by atoms with van der Waals surface area (Å²) in [5, 5.41) is 5.83. The highest BCUT2D eigenvalue weighted by Gasteiger charge is 2.08. The lowest BCUT2D eigenvalue weighted by molar-refractivity contribution is 0.102. The van der Waals surface area contributed by atoms with Crippen LogP contribution in [0.4, 0.5) is 5.69 Å².